The molecular formula is C21H29ClFN5O2. The van der Waals surface area contributed by atoms with Crippen molar-refractivity contribution in [3.8, 4) is 0 Å². The summed E-state index contributed by atoms with van der Waals surface area (Å²) in [7, 11) is 1.70. The number of nitrogens with zero attached hydrogens (tertiary/aromatic N) is 3. The molecular weight excluding hydrogens is 409 g/mol. The van der Waals surface area contributed by atoms with Gasteiger partial charge in [0.15, 0.2) is 5.96 Å². The van der Waals surface area contributed by atoms with Crippen LogP contribution in [0.3, 0.4) is 0 Å². The molecule has 2 fully saturated rings. The van der Waals surface area contributed by atoms with Gasteiger partial charge in [0.1, 0.15) is 5.82 Å². The van der Waals surface area contributed by atoms with E-state index in [1.165, 1.54) is 17.0 Å². The first kappa shape index (κ1) is 22.5. The highest BCUT2D eigenvalue weighted by Crippen LogP contribution is 2.21. The maximum atomic E-state index is 13.3. The van der Waals surface area contributed by atoms with Crippen molar-refractivity contribution < 1.29 is 14.0 Å². The quantitative estimate of drug-likeness (QED) is 0.405. The summed E-state index contributed by atoms with van der Waals surface area (Å²) in [6, 6.07) is 4.73. The number of likely N-dealkylation sites (tertiary alicyclic amines) is 2. The van der Waals surface area contributed by atoms with Crippen LogP contribution in [0, 0.1) is 5.82 Å². The average molecular weight is 438 g/mol. The molecule has 0 radical (unpaired) electrons. The van der Waals surface area contributed by atoms with Crippen LogP contribution in [0.15, 0.2) is 23.2 Å². The minimum atomic E-state index is -0.329. The van der Waals surface area contributed by atoms with E-state index in [1.807, 2.05) is 0 Å². The third-order valence-electron chi connectivity index (χ3n) is 5.49. The Labute approximate surface area is 181 Å². The molecule has 30 heavy (non-hydrogen) atoms. The fraction of sp³-hybridized carbons (Fsp3) is 0.571. The van der Waals surface area contributed by atoms with Gasteiger partial charge < -0.3 is 10.6 Å². The summed E-state index contributed by atoms with van der Waals surface area (Å²) in [5.41, 5.74) is 0.914. The Morgan fingerprint density at radius 2 is 2.03 bits per heavy atom. The lowest BCUT2D eigenvalue weighted by Crippen LogP contribution is -2.52. The molecule has 2 heterocycles. The number of guanidine groups is 1. The Kier molecular flexibility index (Phi) is 8.04. The molecule has 3 rings (SSSR count). The third kappa shape index (κ3) is 6.15. The van der Waals surface area contributed by atoms with Crippen molar-refractivity contribution in [2.24, 2.45) is 4.99 Å². The fourth-order valence-electron chi connectivity index (χ4n) is 3.93. The van der Waals surface area contributed by atoms with E-state index in [0.29, 0.717) is 49.9 Å². The Hall–Kier alpha value is -2.19. The molecule has 164 valence electrons. The molecule has 0 bridgehead atoms. The molecule has 0 saturated carbocycles. The third-order valence-corrected chi connectivity index (χ3v) is 5.84. The number of imide groups is 1. The van der Waals surface area contributed by atoms with Gasteiger partial charge in [0, 0.05) is 57.1 Å². The zero-order valence-corrected chi connectivity index (χ0v) is 18.1. The van der Waals surface area contributed by atoms with Crippen LogP contribution in [-0.4, -0.2) is 66.8 Å². The molecule has 9 heteroatoms. The normalized spacial score (nSPS) is 21.1. The van der Waals surface area contributed by atoms with Crippen molar-refractivity contribution in [2.45, 2.75) is 44.7 Å². The van der Waals surface area contributed by atoms with Crippen LogP contribution in [0.2, 0.25) is 5.02 Å². The molecule has 2 aliphatic heterocycles. The predicted molar refractivity (Wildman–Crippen MR) is 115 cm³/mol. The van der Waals surface area contributed by atoms with Crippen LogP contribution < -0.4 is 10.6 Å². The van der Waals surface area contributed by atoms with Crippen molar-refractivity contribution >= 4 is 29.4 Å². The highest BCUT2D eigenvalue weighted by Gasteiger charge is 2.25. The van der Waals surface area contributed by atoms with E-state index in [4.69, 9.17) is 11.6 Å². The smallest absolute Gasteiger partial charge is 0.229 e. The van der Waals surface area contributed by atoms with Gasteiger partial charge in [-0.1, -0.05) is 17.7 Å². The summed E-state index contributed by atoms with van der Waals surface area (Å²) in [5.74, 6) is 0.125. The lowest BCUT2D eigenvalue weighted by atomic mass is 10.0. The van der Waals surface area contributed by atoms with E-state index in [1.54, 1.807) is 13.1 Å². The first-order valence-corrected chi connectivity index (χ1v) is 10.8. The molecule has 2 aliphatic rings. The molecule has 2 N–H and O–H groups in total. The topological polar surface area (TPSA) is 77.0 Å². The first-order chi connectivity index (χ1) is 14.5. The van der Waals surface area contributed by atoms with E-state index in [9.17, 15) is 14.0 Å². The number of hydrogen-bond donors (Lipinski definition) is 2. The van der Waals surface area contributed by atoms with Gasteiger partial charge in [0.2, 0.25) is 11.8 Å². The van der Waals surface area contributed by atoms with E-state index in [0.717, 1.165) is 31.5 Å². The van der Waals surface area contributed by atoms with E-state index in [-0.39, 0.29) is 23.7 Å². The maximum Gasteiger partial charge on any atom is 0.229 e. The SMILES string of the molecule is CN=C(NCCN1C(=O)CCCC1=O)NC1CCCN(Cc2ccc(F)cc2Cl)C1. The van der Waals surface area contributed by atoms with Gasteiger partial charge >= 0.3 is 0 Å². The number of hydrogen-bond acceptors (Lipinski definition) is 4. The summed E-state index contributed by atoms with van der Waals surface area (Å²) in [5, 5.41) is 7.07. The summed E-state index contributed by atoms with van der Waals surface area (Å²) in [6.07, 6.45) is 3.57. The number of benzene rings is 1. The first-order valence-electron chi connectivity index (χ1n) is 10.4. The number of amides is 2. The van der Waals surface area contributed by atoms with Gasteiger partial charge in [0.05, 0.1) is 0 Å². The minimum Gasteiger partial charge on any atom is -0.355 e. The second-order valence-electron chi connectivity index (χ2n) is 7.75. The summed E-state index contributed by atoms with van der Waals surface area (Å²) in [4.78, 5) is 31.7. The van der Waals surface area contributed by atoms with Gasteiger partial charge in [-0.3, -0.25) is 24.4 Å². The van der Waals surface area contributed by atoms with Crippen molar-refractivity contribution in [2.75, 3.05) is 33.2 Å². The molecule has 1 aromatic carbocycles. The second kappa shape index (κ2) is 10.7. The number of nitrogens with one attached hydrogen (secondary N) is 2. The zero-order chi connectivity index (χ0) is 21.5. The number of aliphatic imine (C=N–C) groups is 1. The summed E-state index contributed by atoms with van der Waals surface area (Å²) >= 11 is 6.17. The summed E-state index contributed by atoms with van der Waals surface area (Å²) < 4.78 is 13.3. The molecule has 1 unspecified atom stereocenters. The maximum absolute atomic E-state index is 13.3. The zero-order valence-electron chi connectivity index (χ0n) is 17.3. The number of halogens is 2. The summed E-state index contributed by atoms with van der Waals surface area (Å²) in [6.45, 7) is 3.24. The fourth-order valence-corrected chi connectivity index (χ4v) is 4.16. The van der Waals surface area contributed by atoms with Gasteiger partial charge in [-0.2, -0.15) is 0 Å². The Morgan fingerprint density at radius 3 is 2.73 bits per heavy atom. The van der Waals surface area contributed by atoms with E-state index < -0.39 is 0 Å². The largest absolute Gasteiger partial charge is 0.355 e. The van der Waals surface area contributed by atoms with Crippen LogP contribution >= 0.6 is 11.6 Å². The Bertz CT molecular complexity index is 788. The van der Waals surface area contributed by atoms with E-state index in [2.05, 4.69) is 20.5 Å². The van der Waals surface area contributed by atoms with Gasteiger partial charge in [-0.15, -0.1) is 0 Å². The van der Waals surface area contributed by atoms with Crippen molar-refractivity contribution in [1.82, 2.24) is 20.4 Å². The highest BCUT2D eigenvalue weighted by molar-refractivity contribution is 6.31. The Morgan fingerprint density at radius 1 is 1.27 bits per heavy atom. The van der Waals surface area contributed by atoms with Crippen LogP contribution in [0.5, 0.6) is 0 Å². The number of piperidine rings is 2. The standard InChI is InChI=1S/C21H29ClFN5O2/c1-24-21(25-9-11-28-19(29)5-2-6-20(28)30)26-17-4-3-10-27(14-17)13-15-7-8-16(23)12-18(15)22/h7-8,12,17H,2-6,9-11,13-14H2,1H3,(H2,24,25,26). The monoisotopic (exact) mass is 437 g/mol. The molecule has 0 aliphatic carbocycles. The van der Waals surface area contributed by atoms with Crippen LogP contribution in [-0.2, 0) is 16.1 Å². The minimum absolute atomic E-state index is 0.0987. The molecule has 0 aromatic heterocycles. The van der Waals surface area contributed by atoms with E-state index >= 15 is 0 Å². The lowest BCUT2D eigenvalue weighted by Gasteiger charge is -2.34. The average Bonchev–Trinajstić information content (AvgIpc) is 2.72. The lowest BCUT2D eigenvalue weighted by molar-refractivity contribution is -0.147. The number of carbonyl (C=O) groups excluding carboxylic acids is 2. The molecule has 2 amide bonds. The molecule has 1 atom stereocenters. The van der Waals surface area contributed by atoms with Gasteiger partial charge in [-0.25, -0.2) is 4.39 Å². The predicted octanol–water partition coefficient (Wildman–Crippen LogP) is 2.15. The van der Waals surface area contributed by atoms with Gasteiger partial charge in [-0.05, 0) is 43.5 Å². The number of rotatable bonds is 6. The van der Waals surface area contributed by atoms with Crippen LogP contribution in [0.25, 0.3) is 0 Å². The van der Waals surface area contributed by atoms with Crippen molar-refractivity contribution in [3.63, 3.8) is 0 Å². The van der Waals surface area contributed by atoms with Crippen molar-refractivity contribution in [1.29, 1.82) is 0 Å². The second-order valence-corrected chi connectivity index (χ2v) is 8.15. The molecule has 2 saturated heterocycles. The Balaban J connectivity index is 1.46. The van der Waals surface area contributed by atoms with Crippen LogP contribution in [0.1, 0.15) is 37.7 Å². The van der Waals surface area contributed by atoms with Crippen molar-refractivity contribution in [3.05, 3.63) is 34.6 Å². The molecule has 7 nitrogen and oxygen atoms in total. The molecule has 1 aromatic rings. The van der Waals surface area contributed by atoms with Gasteiger partial charge in [0.25, 0.3) is 0 Å². The molecule has 0 spiro atoms. The highest BCUT2D eigenvalue weighted by atomic mass is 35.5. The number of carbonyl (C=O) groups is 2. The van der Waals surface area contributed by atoms with Crippen LogP contribution in [0.4, 0.5) is 4.39 Å².